The lowest BCUT2D eigenvalue weighted by atomic mass is 10.2. The number of carbonyl (C=O) groups is 4. The van der Waals surface area contributed by atoms with Crippen LogP contribution in [0.2, 0.25) is 0 Å². The minimum absolute atomic E-state index is 0.0561. The Morgan fingerprint density at radius 1 is 1.10 bits per heavy atom. The minimum atomic E-state index is -1.26. The van der Waals surface area contributed by atoms with Crippen molar-refractivity contribution < 1.29 is 38.6 Å². The Morgan fingerprint density at radius 3 is 2.56 bits per heavy atom. The molecule has 2 amide bonds. The third-order valence-electron chi connectivity index (χ3n) is 5.81. The van der Waals surface area contributed by atoms with Gasteiger partial charge in [-0.25, -0.2) is 14.6 Å². The standard InChI is InChI=1S/C26H33N5O8/c1-2-23(32)30-21(25(34)35)14-29-24(33)17-37-20-12-19(13-28-22-10-6-7-11-27-22)31(15-20)39-26(36)38-16-18-8-4-3-5-9-18/h3-11,19-21H,2,12-17H2,1H3,(H,27,28)(H,29,33)(H,30,32)(H,34,35). The Balaban J connectivity index is 1.50. The van der Waals surface area contributed by atoms with Crippen molar-refractivity contribution in [3.63, 3.8) is 0 Å². The van der Waals surface area contributed by atoms with Crippen LogP contribution >= 0.6 is 0 Å². The zero-order chi connectivity index (χ0) is 28.0. The highest BCUT2D eigenvalue weighted by atomic mass is 16.8. The minimum Gasteiger partial charge on any atom is -0.480 e. The van der Waals surface area contributed by atoms with Crippen molar-refractivity contribution in [3.8, 4) is 0 Å². The number of rotatable bonds is 14. The summed E-state index contributed by atoms with van der Waals surface area (Å²) in [4.78, 5) is 57.1. The van der Waals surface area contributed by atoms with Crippen LogP contribution < -0.4 is 16.0 Å². The second-order valence-electron chi connectivity index (χ2n) is 8.75. The molecule has 2 heterocycles. The van der Waals surface area contributed by atoms with E-state index in [0.717, 1.165) is 5.56 Å². The van der Waals surface area contributed by atoms with Crippen LogP contribution in [0.5, 0.6) is 0 Å². The Bertz CT molecular complexity index is 1090. The van der Waals surface area contributed by atoms with E-state index in [2.05, 4.69) is 20.9 Å². The molecule has 1 aromatic carbocycles. The fourth-order valence-corrected chi connectivity index (χ4v) is 3.75. The summed E-state index contributed by atoms with van der Waals surface area (Å²) in [6.07, 6.45) is 0.886. The van der Waals surface area contributed by atoms with Crippen molar-refractivity contribution in [3.05, 3.63) is 60.3 Å². The highest BCUT2D eigenvalue weighted by Gasteiger charge is 2.36. The monoisotopic (exact) mass is 543 g/mol. The van der Waals surface area contributed by atoms with Crippen LogP contribution in [0.1, 0.15) is 25.3 Å². The van der Waals surface area contributed by atoms with Crippen LogP contribution in [0.4, 0.5) is 10.6 Å². The zero-order valence-electron chi connectivity index (χ0n) is 21.6. The second-order valence-corrected chi connectivity index (χ2v) is 8.75. The fourth-order valence-electron chi connectivity index (χ4n) is 3.75. The fraction of sp³-hybridized carbons (Fsp3) is 0.423. The number of ether oxygens (including phenoxy) is 2. The number of anilines is 1. The van der Waals surface area contributed by atoms with E-state index in [-0.39, 0.29) is 38.8 Å². The van der Waals surface area contributed by atoms with Crippen LogP contribution in [-0.2, 0) is 35.3 Å². The van der Waals surface area contributed by atoms with Gasteiger partial charge >= 0.3 is 12.1 Å². The highest BCUT2D eigenvalue weighted by Crippen LogP contribution is 2.22. The summed E-state index contributed by atoms with van der Waals surface area (Å²) in [5.41, 5.74) is 0.816. The first kappa shape index (κ1) is 29.3. The summed E-state index contributed by atoms with van der Waals surface area (Å²) in [7, 11) is 0. The summed E-state index contributed by atoms with van der Waals surface area (Å²) in [6, 6.07) is 13.1. The third kappa shape index (κ3) is 10.2. The molecule has 13 nitrogen and oxygen atoms in total. The van der Waals surface area contributed by atoms with Gasteiger partial charge in [-0.15, -0.1) is 5.06 Å². The number of pyridine rings is 1. The largest absolute Gasteiger partial charge is 0.528 e. The van der Waals surface area contributed by atoms with E-state index in [1.807, 2.05) is 36.4 Å². The zero-order valence-corrected chi connectivity index (χ0v) is 21.6. The first-order valence-corrected chi connectivity index (χ1v) is 12.5. The topological polar surface area (TPSA) is 168 Å². The number of hydrogen-bond acceptors (Lipinski definition) is 10. The summed E-state index contributed by atoms with van der Waals surface area (Å²) < 4.78 is 10.9. The van der Waals surface area contributed by atoms with Gasteiger partial charge in [-0.05, 0) is 24.1 Å². The average Bonchev–Trinajstić information content (AvgIpc) is 3.33. The van der Waals surface area contributed by atoms with Crippen molar-refractivity contribution in [2.45, 2.75) is 44.6 Å². The van der Waals surface area contributed by atoms with Gasteiger partial charge in [0.15, 0.2) is 0 Å². The summed E-state index contributed by atoms with van der Waals surface area (Å²) >= 11 is 0. The first-order chi connectivity index (χ1) is 18.8. The molecule has 210 valence electrons. The lowest BCUT2D eigenvalue weighted by Crippen LogP contribution is -2.48. The summed E-state index contributed by atoms with van der Waals surface area (Å²) in [5, 5.41) is 18.6. The van der Waals surface area contributed by atoms with Gasteiger partial charge in [0.2, 0.25) is 11.8 Å². The number of nitrogens with one attached hydrogen (secondary N) is 3. The number of carbonyl (C=O) groups excluding carboxylic acids is 3. The molecule has 2 aromatic rings. The smallest absolute Gasteiger partial charge is 0.480 e. The molecule has 0 spiro atoms. The van der Waals surface area contributed by atoms with Crippen molar-refractivity contribution in [1.29, 1.82) is 0 Å². The van der Waals surface area contributed by atoms with Gasteiger partial charge in [0, 0.05) is 25.7 Å². The van der Waals surface area contributed by atoms with Gasteiger partial charge in [0.05, 0.1) is 18.7 Å². The lowest BCUT2D eigenvalue weighted by Gasteiger charge is -2.22. The molecule has 0 saturated carbocycles. The SMILES string of the molecule is CCC(=O)NC(CNC(=O)COC1CC(CNc2ccccn2)N(OC(=O)OCc2ccccc2)C1)C(=O)O. The molecular formula is C26H33N5O8. The number of aliphatic carboxylic acids is 1. The number of amides is 2. The maximum Gasteiger partial charge on any atom is 0.528 e. The van der Waals surface area contributed by atoms with E-state index in [9.17, 15) is 24.3 Å². The predicted molar refractivity (Wildman–Crippen MR) is 138 cm³/mol. The first-order valence-electron chi connectivity index (χ1n) is 12.5. The molecule has 1 aliphatic rings. The van der Waals surface area contributed by atoms with E-state index in [0.29, 0.717) is 18.8 Å². The average molecular weight is 544 g/mol. The Hall–Kier alpha value is -4.23. The van der Waals surface area contributed by atoms with Gasteiger partial charge in [-0.3, -0.25) is 9.59 Å². The maximum absolute atomic E-state index is 12.4. The van der Waals surface area contributed by atoms with Crippen LogP contribution in [0.15, 0.2) is 54.7 Å². The number of nitrogens with zero attached hydrogens (tertiary/aromatic N) is 2. The van der Waals surface area contributed by atoms with E-state index in [1.165, 1.54) is 5.06 Å². The van der Waals surface area contributed by atoms with Gasteiger partial charge < -0.3 is 35.4 Å². The Labute approximate surface area is 225 Å². The molecule has 3 unspecified atom stereocenters. The quantitative estimate of drug-likeness (QED) is 0.254. The van der Waals surface area contributed by atoms with Crippen LogP contribution in [0.25, 0.3) is 0 Å². The van der Waals surface area contributed by atoms with Gasteiger partial charge in [-0.1, -0.05) is 43.3 Å². The molecule has 1 aliphatic heterocycles. The molecule has 1 aromatic heterocycles. The molecule has 0 bridgehead atoms. The molecule has 13 heteroatoms. The molecule has 39 heavy (non-hydrogen) atoms. The van der Waals surface area contributed by atoms with Gasteiger partial charge in [0.25, 0.3) is 0 Å². The molecule has 1 fully saturated rings. The van der Waals surface area contributed by atoms with Gasteiger partial charge in [-0.2, -0.15) is 0 Å². The second kappa shape index (κ2) is 15.2. The molecule has 3 atom stereocenters. The van der Waals surface area contributed by atoms with Gasteiger partial charge in [0.1, 0.15) is 25.1 Å². The van der Waals surface area contributed by atoms with E-state index in [4.69, 9.17) is 14.3 Å². The molecule has 3 rings (SSSR count). The summed E-state index contributed by atoms with van der Waals surface area (Å²) in [5.74, 6) is -1.59. The van der Waals surface area contributed by atoms with Crippen LogP contribution in [0.3, 0.4) is 0 Å². The number of hydrogen-bond donors (Lipinski definition) is 4. The lowest BCUT2D eigenvalue weighted by molar-refractivity contribution is -0.144. The van der Waals surface area contributed by atoms with Crippen LogP contribution in [-0.4, -0.2) is 83.5 Å². The normalized spacial score (nSPS) is 17.6. The Kier molecular flexibility index (Phi) is 11.5. The summed E-state index contributed by atoms with van der Waals surface area (Å²) in [6.45, 7) is 1.59. The number of carboxylic acids is 1. The Morgan fingerprint density at radius 2 is 1.87 bits per heavy atom. The van der Waals surface area contributed by atoms with Crippen molar-refractivity contribution in [2.24, 2.45) is 0 Å². The number of aromatic nitrogens is 1. The van der Waals surface area contributed by atoms with Crippen LogP contribution in [0, 0.1) is 0 Å². The predicted octanol–water partition coefficient (Wildman–Crippen LogP) is 1.32. The third-order valence-corrected chi connectivity index (χ3v) is 5.81. The molecule has 0 aliphatic carbocycles. The van der Waals surface area contributed by atoms with Crippen molar-refractivity contribution in [2.75, 3.05) is 31.6 Å². The highest BCUT2D eigenvalue weighted by molar-refractivity contribution is 5.84. The van der Waals surface area contributed by atoms with E-state index >= 15 is 0 Å². The van der Waals surface area contributed by atoms with Crippen molar-refractivity contribution >= 4 is 29.8 Å². The molecule has 0 radical (unpaired) electrons. The maximum atomic E-state index is 12.4. The molecule has 1 saturated heterocycles. The number of benzene rings is 1. The van der Waals surface area contributed by atoms with E-state index < -0.39 is 36.1 Å². The van der Waals surface area contributed by atoms with E-state index in [1.54, 1.807) is 25.3 Å². The number of hydroxylamine groups is 2. The molecule has 4 N–H and O–H groups in total. The molecular weight excluding hydrogens is 510 g/mol. The number of carboxylic acid groups (broad SMARTS) is 1. The van der Waals surface area contributed by atoms with Crippen molar-refractivity contribution in [1.82, 2.24) is 20.7 Å².